The van der Waals surface area contributed by atoms with Gasteiger partial charge in [0, 0.05) is 17.9 Å². The number of carbonyl (C=O) groups excluding carboxylic acids is 2. The van der Waals surface area contributed by atoms with Crippen molar-refractivity contribution in [2.24, 2.45) is 5.92 Å². The van der Waals surface area contributed by atoms with E-state index in [0.29, 0.717) is 11.1 Å². The van der Waals surface area contributed by atoms with Crippen LogP contribution in [0.15, 0.2) is 41.7 Å². The van der Waals surface area contributed by atoms with Crippen molar-refractivity contribution in [2.75, 3.05) is 20.3 Å². The van der Waals surface area contributed by atoms with Crippen LogP contribution in [0.4, 0.5) is 0 Å². The van der Waals surface area contributed by atoms with Crippen LogP contribution in [0.5, 0.6) is 11.5 Å². The van der Waals surface area contributed by atoms with Gasteiger partial charge in [-0.3, -0.25) is 4.79 Å². The number of phenols is 2. The summed E-state index contributed by atoms with van der Waals surface area (Å²) in [4.78, 5) is 25.1. The third kappa shape index (κ3) is 6.62. The van der Waals surface area contributed by atoms with Gasteiger partial charge in [-0.25, -0.2) is 4.79 Å². The Kier molecular flexibility index (Phi) is 10.1. The first-order chi connectivity index (χ1) is 18.1. The number of rotatable bonds is 9. The van der Waals surface area contributed by atoms with Gasteiger partial charge in [0.15, 0.2) is 17.8 Å². The summed E-state index contributed by atoms with van der Waals surface area (Å²) in [5.74, 6) is -2.89. The standard InChI is InChI=1S/C25H32O13/c1-3-13-14(9-19(29)35-7-6-12-4-5-16(27)17(28)8-12)15(23(33)34-2)11-36-24(13)38-25-22(32)21(31)20(30)18(10-26)37-25/h3-5,8,11,14,18,20-22,24-28,30-32H,6-7,9-10H2,1-2H3/b13-3-/t14?,18-,20-,21+,22-,24?,25?/m1/s1. The molecule has 7 atom stereocenters. The van der Waals surface area contributed by atoms with E-state index >= 15 is 0 Å². The lowest BCUT2D eigenvalue weighted by molar-refractivity contribution is -0.327. The van der Waals surface area contributed by atoms with Crippen LogP contribution in [0.1, 0.15) is 18.9 Å². The Morgan fingerprint density at radius 2 is 1.82 bits per heavy atom. The second-order valence-corrected chi connectivity index (χ2v) is 8.71. The first-order valence-electron chi connectivity index (χ1n) is 11.8. The van der Waals surface area contributed by atoms with Crippen LogP contribution in [0.3, 0.4) is 0 Å². The van der Waals surface area contributed by atoms with Gasteiger partial charge in [0.05, 0.1) is 38.6 Å². The first kappa shape index (κ1) is 29.4. The van der Waals surface area contributed by atoms with Gasteiger partial charge in [0.2, 0.25) is 6.29 Å². The Balaban J connectivity index is 1.71. The van der Waals surface area contributed by atoms with Crippen molar-refractivity contribution in [3.63, 3.8) is 0 Å². The minimum Gasteiger partial charge on any atom is -0.504 e. The van der Waals surface area contributed by atoms with Crippen molar-refractivity contribution in [1.29, 1.82) is 0 Å². The molecule has 13 nitrogen and oxygen atoms in total. The third-order valence-corrected chi connectivity index (χ3v) is 6.29. The van der Waals surface area contributed by atoms with Crippen LogP contribution in [-0.2, 0) is 39.7 Å². The minimum atomic E-state index is -1.69. The fraction of sp³-hybridized carbons (Fsp3) is 0.520. The average molecular weight is 541 g/mol. The number of hydrogen-bond donors (Lipinski definition) is 6. The number of aliphatic hydroxyl groups is 4. The highest BCUT2D eigenvalue weighted by molar-refractivity contribution is 5.90. The van der Waals surface area contributed by atoms with Crippen molar-refractivity contribution >= 4 is 11.9 Å². The molecule has 1 aromatic carbocycles. The molecule has 2 aliphatic rings. The van der Waals surface area contributed by atoms with Crippen molar-refractivity contribution in [1.82, 2.24) is 0 Å². The monoisotopic (exact) mass is 540 g/mol. The number of benzene rings is 1. The molecule has 0 aromatic heterocycles. The zero-order chi connectivity index (χ0) is 28.0. The van der Waals surface area contributed by atoms with Crippen molar-refractivity contribution in [2.45, 2.75) is 56.8 Å². The van der Waals surface area contributed by atoms with E-state index in [1.54, 1.807) is 19.1 Å². The Bertz CT molecular complexity index is 1050. The Hall–Kier alpha value is -3.20. The second kappa shape index (κ2) is 13.0. The molecule has 38 heavy (non-hydrogen) atoms. The molecule has 0 amide bonds. The molecule has 0 bridgehead atoms. The zero-order valence-corrected chi connectivity index (χ0v) is 20.8. The predicted molar refractivity (Wildman–Crippen MR) is 126 cm³/mol. The van der Waals surface area contributed by atoms with Gasteiger partial charge in [0.25, 0.3) is 0 Å². The lowest BCUT2D eigenvalue weighted by Gasteiger charge is -2.41. The Labute approximate surface area is 218 Å². The molecular formula is C25H32O13. The highest BCUT2D eigenvalue weighted by Crippen LogP contribution is 2.36. The van der Waals surface area contributed by atoms with Gasteiger partial charge < -0.3 is 54.3 Å². The topological polar surface area (TPSA) is 202 Å². The molecule has 0 spiro atoms. The predicted octanol–water partition coefficient (Wildman–Crippen LogP) is -0.634. The SMILES string of the molecule is C/C=C1\C(OC2O[C@H](CO)[C@@H](O)[C@H](O)[C@H]2O)OC=C(C(=O)OC)C1CC(=O)OCCc1ccc(O)c(O)c1. The maximum absolute atomic E-state index is 12.7. The summed E-state index contributed by atoms with van der Waals surface area (Å²) in [6.45, 7) is 0.912. The van der Waals surface area contributed by atoms with E-state index in [-0.39, 0.29) is 36.5 Å². The molecule has 6 N–H and O–H groups in total. The van der Waals surface area contributed by atoms with E-state index in [0.717, 1.165) is 13.4 Å². The zero-order valence-electron chi connectivity index (χ0n) is 20.8. The molecule has 1 saturated heterocycles. The van der Waals surface area contributed by atoms with Gasteiger partial charge in [-0.1, -0.05) is 12.1 Å². The summed E-state index contributed by atoms with van der Waals surface area (Å²) in [7, 11) is 1.16. The fourth-order valence-electron chi connectivity index (χ4n) is 4.16. The number of ether oxygens (including phenoxy) is 5. The summed E-state index contributed by atoms with van der Waals surface area (Å²) in [5.41, 5.74) is 0.927. The lowest BCUT2D eigenvalue weighted by Crippen LogP contribution is -2.60. The van der Waals surface area contributed by atoms with Crippen molar-refractivity contribution in [3.8, 4) is 11.5 Å². The average Bonchev–Trinajstić information content (AvgIpc) is 2.90. The quantitative estimate of drug-likeness (QED) is 0.131. The number of aromatic hydroxyl groups is 2. The Morgan fingerprint density at radius 3 is 2.45 bits per heavy atom. The summed E-state index contributed by atoms with van der Waals surface area (Å²) in [6, 6.07) is 4.23. The molecule has 13 heteroatoms. The Morgan fingerprint density at radius 1 is 1.08 bits per heavy atom. The minimum absolute atomic E-state index is 0.00894. The molecule has 210 valence electrons. The smallest absolute Gasteiger partial charge is 0.337 e. The third-order valence-electron chi connectivity index (χ3n) is 6.29. The molecule has 2 aliphatic heterocycles. The number of carbonyl (C=O) groups is 2. The lowest BCUT2D eigenvalue weighted by atomic mass is 9.86. The molecule has 0 radical (unpaired) electrons. The normalized spacial score (nSPS) is 30.3. The highest BCUT2D eigenvalue weighted by Gasteiger charge is 2.46. The van der Waals surface area contributed by atoms with E-state index in [1.807, 2.05) is 0 Å². The van der Waals surface area contributed by atoms with Crippen LogP contribution in [0.25, 0.3) is 0 Å². The summed E-state index contributed by atoms with van der Waals surface area (Å²) in [5, 5.41) is 58.8. The van der Waals surface area contributed by atoms with Gasteiger partial charge in [-0.2, -0.15) is 0 Å². The van der Waals surface area contributed by atoms with Crippen molar-refractivity contribution < 1.29 is 63.9 Å². The first-order valence-corrected chi connectivity index (χ1v) is 11.8. The van der Waals surface area contributed by atoms with E-state index < -0.39 is 61.5 Å². The fourth-order valence-corrected chi connectivity index (χ4v) is 4.16. The van der Waals surface area contributed by atoms with Gasteiger partial charge in [0.1, 0.15) is 24.4 Å². The van der Waals surface area contributed by atoms with Gasteiger partial charge in [-0.05, 0) is 24.6 Å². The van der Waals surface area contributed by atoms with E-state index in [2.05, 4.69) is 0 Å². The highest BCUT2D eigenvalue weighted by atomic mass is 16.8. The second-order valence-electron chi connectivity index (χ2n) is 8.71. The number of methoxy groups -OCH3 is 1. The molecule has 0 aliphatic carbocycles. The van der Waals surface area contributed by atoms with Crippen LogP contribution in [0, 0.1) is 5.92 Å². The maximum Gasteiger partial charge on any atom is 0.337 e. The van der Waals surface area contributed by atoms with Crippen LogP contribution in [-0.4, -0.2) is 99.9 Å². The summed E-state index contributed by atoms with van der Waals surface area (Å²) < 4.78 is 26.7. The largest absolute Gasteiger partial charge is 0.504 e. The number of aliphatic hydroxyl groups excluding tert-OH is 4. The number of allylic oxidation sites excluding steroid dienone is 1. The molecule has 2 heterocycles. The van der Waals surface area contributed by atoms with Gasteiger partial charge in [-0.15, -0.1) is 0 Å². The van der Waals surface area contributed by atoms with E-state index in [9.17, 15) is 40.2 Å². The number of phenolic OH excluding ortho intramolecular Hbond substituents is 2. The summed E-state index contributed by atoms with van der Waals surface area (Å²) >= 11 is 0. The van der Waals surface area contributed by atoms with Crippen LogP contribution >= 0.6 is 0 Å². The number of hydrogen-bond acceptors (Lipinski definition) is 13. The van der Waals surface area contributed by atoms with Gasteiger partial charge >= 0.3 is 11.9 Å². The van der Waals surface area contributed by atoms with Crippen LogP contribution < -0.4 is 0 Å². The molecule has 3 rings (SSSR count). The molecule has 0 saturated carbocycles. The molecule has 1 aromatic rings. The van der Waals surface area contributed by atoms with Crippen molar-refractivity contribution in [3.05, 3.63) is 47.2 Å². The van der Waals surface area contributed by atoms with Crippen LogP contribution in [0.2, 0.25) is 0 Å². The molecule has 1 fully saturated rings. The number of esters is 2. The molecule has 3 unspecified atom stereocenters. The summed E-state index contributed by atoms with van der Waals surface area (Å²) in [6.07, 6.45) is -6.39. The van der Waals surface area contributed by atoms with E-state index in [4.69, 9.17) is 23.7 Å². The van der Waals surface area contributed by atoms with E-state index in [1.165, 1.54) is 12.1 Å². The maximum atomic E-state index is 12.7. The molecular weight excluding hydrogens is 508 g/mol.